The van der Waals surface area contributed by atoms with Gasteiger partial charge in [-0.25, -0.2) is 14.8 Å². The molecule has 0 radical (unpaired) electrons. The molecule has 1 aromatic heterocycles. The average Bonchev–Trinajstić information content (AvgIpc) is 2.54. The fraction of sp³-hybridized carbons (Fsp3) is 0.250. The van der Waals surface area contributed by atoms with Gasteiger partial charge in [0.15, 0.2) is 0 Å². The number of hydrogen-bond acceptors (Lipinski definition) is 4. The zero-order valence-electron chi connectivity index (χ0n) is 12.5. The van der Waals surface area contributed by atoms with E-state index in [1.54, 1.807) is 0 Å². The lowest BCUT2D eigenvalue weighted by molar-refractivity contribution is -0.137. The Hall–Kier alpha value is -2.96. The number of nitrogens with zero attached hydrogens (tertiary/aromatic N) is 2. The van der Waals surface area contributed by atoms with Crippen LogP contribution in [0.4, 0.5) is 10.5 Å². The first kappa shape index (κ1) is 16.4. The van der Waals surface area contributed by atoms with Crippen LogP contribution in [0.2, 0.25) is 0 Å². The molecule has 0 aliphatic heterocycles. The monoisotopic (exact) mass is 314 g/mol. The molecule has 1 heterocycles. The summed E-state index contributed by atoms with van der Waals surface area (Å²) in [7, 11) is 0. The second-order valence-corrected chi connectivity index (χ2v) is 5.04. The van der Waals surface area contributed by atoms with E-state index in [-0.39, 0.29) is 12.5 Å². The minimum absolute atomic E-state index is 0.00771. The summed E-state index contributed by atoms with van der Waals surface area (Å²) in [5, 5.41) is 14.3. The first-order chi connectivity index (χ1) is 11.1. The quantitative estimate of drug-likeness (QED) is 0.726. The summed E-state index contributed by atoms with van der Waals surface area (Å²) < 4.78 is 0. The van der Waals surface area contributed by atoms with Crippen molar-refractivity contribution in [1.82, 2.24) is 15.3 Å². The topological polar surface area (TPSA) is 104 Å². The largest absolute Gasteiger partial charge is 0.481 e. The molecule has 23 heavy (non-hydrogen) atoms. The third kappa shape index (κ3) is 6.13. The number of hydrogen-bond donors (Lipinski definition) is 3. The Kier molecular flexibility index (Phi) is 6.05. The highest BCUT2D eigenvalue weighted by molar-refractivity contribution is 5.89. The van der Waals surface area contributed by atoms with Crippen molar-refractivity contribution in [2.24, 2.45) is 0 Å². The third-order valence-electron chi connectivity index (χ3n) is 3.19. The summed E-state index contributed by atoms with van der Waals surface area (Å²) in [6, 6.07) is 8.92. The summed E-state index contributed by atoms with van der Waals surface area (Å²) in [4.78, 5) is 30.4. The standard InChI is InChI=1S/C16H18N4O3/c21-15(22)7-6-13(8-12-4-2-1-3-5-12)19-16(23)20-14-9-17-11-18-10-14/h1-5,9-11,13H,6-8H2,(H,21,22)(H2,19,20,23). The van der Waals surface area contributed by atoms with Crippen LogP contribution in [-0.2, 0) is 11.2 Å². The number of aromatic nitrogens is 2. The Labute approximate surface area is 133 Å². The molecular formula is C16H18N4O3. The Morgan fingerprint density at radius 2 is 1.83 bits per heavy atom. The van der Waals surface area contributed by atoms with E-state index in [4.69, 9.17) is 5.11 Å². The van der Waals surface area contributed by atoms with Crippen LogP contribution >= 0.6 is 0 Å². The van der Waals surface area contributed by atoms with Crippen molar-refractivity contribution >= 4 is 17.7 Å². The molecule has 2 amide bonds. The molecular weight excluding hydrogens is 296 g/mol. The molecule has 0 saturated heterocycles. The number of benzene rings is 1. The van der Waals surface area contributed by atoms with Gasteiger partial charge in [-0.3, -0.25) is 4.79 Å². The maximum Gasteiger partial charge on any atom is 0.319 e. The van der Waals surface area contributed by atoms with E-state index in [2.05, 4.69) is 20.6 Å². The van der Waals surface area contributed by atoms with Gasteiger partial charge in [0, 0.05) is 12.5 Å². The second kappa shape index (κ2) is 8.47. The number of carboxylic acids is 1. The first-order valence-corrected chi connectivity index (χ1v) is 7.21. The van der Waals surface area contributed by atoms with E-state index in [9.17, 15) is 9.59 Å². The minimum Gasteiger partial charge on any atom is -0.481 e. The van der Waals surface area contributed by atoms with Gasteiger partial charge in [-0.05, 0) is 18.4 Å². The lowest BCUT2D eigenvalue weighted by Crippen LogP contribution is -2.39. The molecule has 1 aromatic carbocycles. The highest BCUT2D eigenvalue weighted by atomic mass is 16.4. The summed E-state index contributed by atoms with van der Waals surface area (Å²) in [6.45, 7) is 0. The summed E-state index contributed by atoms with van der Waals surface area (Å²) in [6.07, 6.45) is 5.24. The van der Waals surface area contributed by atoms with Gasteiger partial charge in [0.1, 0.15) is 6.33 Å². The number of carboxylic acid groups (broad SMARTS) is 1. The van der Waals surface area contributed by atoms with Crippen LogP contribution in [0.15, 0.2) is 49.1 Å². The lowest BCUT2D eigenvalue weighted by atomic mass is 10.0. The predicted molar refractivity (Wildman–Crippen MR) is 85.0 cm³/mol. The molecule has 2 aromatic rings. The molecule has 120 valence electrons. The smallest absolute Gasteiger partial charge is 0.319 e. The summed E-state index contributed by atoms with van der Waals surface area (Å²) in [5.74, 6) is -0.887. The van der Waals surface area contributed by atoms with Crippen LogP contribution in [0.1, 0.15) is 18.4 Å². The van der Waals surface area contributed by atoms with Crippen molar-refractivity contribution in [3.63, 3.8) is 0 Å². The average molecular weight is 314 g/mol. The second-order valence-electron chi connectivity index (χ2n) is 5.04. The minimum atomic E-state index is -0.887. The zero-order chi connectivity index (χ0) is 16.5. The van der Waals surface area contributed by atoms with Gasteiger partial charge in [-0.1, -0.05) is 30.3 Å². The fourth-order valence-corrected chi connectivity index (χ4v) is 2.14. The Morgan fingerprint density at radius 1 is 1.13 bits per heavy atom. The molecule has 1 unspecified atom stereocenters. The Balaban J connectivity index is 1.95. The number of carbonyl (C=O) groups is 2. The van der Waals surface area contributed by atoms with Gasteiger partial charge in [0.2, 0.25) is 0 Å². The van der Waals surface area contributed by atoms with Gasteiger partial charge in [-0.2, -0.15) is 0 Å². The number of anilines is 1. The molecule has 3 N–H and O–H groups in total. The number of rotatable bonds is 7. The van der Waals surface area contributed by atoms with Gasteiger partial charge in [0.25, 0.3) is 0 Å². The van der Waals surface area contributed by atoms with Crippen molar-refractivity contribution in [3.05, 3.63) is 54.6 Å². The van der Waals surface area contributed by atoms with Gasteiger partial charge in [0.05, 0.1) is 18.1 Å². The molecule has 7 nitrogen and oxygen atoms in total. The van der Waals surface area contributed by atoms with E-state index < -0.39 is 12.0 Å². The van der Waals surface area contributed by atoms with Crippen LogP contribution in [0.5, 0.6) is 0 Å². The molecule has 0 aliphatic rings. The maximum atomic E-state index is 12.0. The van der Waals surface area contributed by atoms with Crippen LogP contribution in [-0.4, -0.2) is 33.1 Å². The van der Waals surface area contributed by atoms with Crippen molar-refractivity contribution in [1.29, 1.82) is 0 Å². The molecule has 0 saturated carbocycles. The number of aliphatic carboxylic acids is 1. The Bertz CT molecular complexity index is 634. The number of amides is 2. The van der Waals surface area contributed by atoms with E-state index >= 15 is 0 Å². The highest BCUT2D eigenvalue weighted by Crippen LogP contribution is 2.09. The van der Waals surface area contributed by atoms with E-state index in [0.29, 0.717) is 18.5 Å². The fourth-order valence-electron chi connectivity index (χ4n) is 2.14. The van der Waals surface area contributed by atoms with E-state index in [1.165, 1.54) is 18.7 Å². The van der Waals surface area contributed by atoms with E-state index in [1.807, 2.05) is 30.3 Å². The van der Waals surface area contributed by atoms with Crippen LogP contribution in [0.25, 0.3) is 0 Å². The SMILES string of the molecule is O=C(O)CCC(Cc1ccccc1)NC(=O)Nc1cncnc1. The van der Waals surface area contributed by atoms with Gasteiger partial charge >= 0.3 is 12.0 Å². The van der Waals surface area contributed by atoms with Gasteiger partial charge < -0.3 is 15.7 Å². The van der Waals surface area contributed by atoms with Crippen molar-refractivity contribution in [2.75, 3.05) is 5.32 Å². The predicted octanol–water partition coefficient (Wildman–Crippen LogP) is 2.07. The van der Waals surface area contributed by atoms with E-state index in [0.717, 1.165) is 5.56 Å². The lowest BCUT2D eigenvalue weighted by Gasteiger charge is -2.18. The molecule has 0 spiro atoms. The molecule has 2 rings (SSSR count). The van der Waals surface area contributed by atoms with Crippen molar-refractivity contribution in [2.45, 2.75) is 25.3 Å². The molecule has 0 aliphatic carbocycles. The Morgan fingerprint density at radius 3 is 2.48 bits per heavy atom. The number of urea groups is 1. The molecule has 7 heteroatoms. The number of carbonyl (C=O) groups excluding carboxylic acids is 1. The summed E-state index contributed by atoms with van der Waals surface area (Å²) in [5.41, 5.74) is 1.51. The first-order valence-electron chi connectivity index (χ1n) is 7.21. The van der Waals surface area contributed by atoms with Crippen LogP contribution in [0, 0.1) is 0 Å². The van der Waals surface area contributed by atoms with Crippen molar-refractivity contribution < 1.29 is 14.7 Å². The molecule has 1 atom stereocenters. The van der Waals surface area contributed by atoms with Crippen molar-refractivity contribution in [3.8, 4) is 0 Å². The zero-order valence-corrected chi connectivity index (χ0v) is 12.5. The van der Waals surface area contributed by atoms with Gasteiger partial charge in [-0.15, -0.1) is 0 Å². The van der Waals surface area contributed by atoms with Crippen LogP contribution in [0.3, 0.4) is 0 Å². The highest BCUT2D eigenvalue weighted by Gasteiger charge is 2.15. The summed E-state index contributed by atoms with van der Waals surface area (Å²) >= 11 is 0. The normalized spacial score (nSPS) is 11.5. The maximum absolute atomic E-state index is 12.0. The van der Waals surface area contributed by atoms with Crippen LogP contribution < -0.4 is 10.6 Å². The third-order valence-corrected chi connectivity index (χ3v) is 3.19. The number of nitrogens with one attached hydrogen (secondary N) is 2. The molecule has 0 bridgehead atoms. The molecule has 0 fully saturated rings.